The van der Waals surface area contributed by atoms with Gasteiger partial charge in [-0.15, -0.1) is 0 Å². The van der Waals surface area contributed by atoms with E-state index in [1.54, 1.807) is 19.9 Å². The largest absolute Gasteiger partial charge is 0.480 e. The molecule has 0 aromatic heterocycles. The third-order valence-electron chi connectivity index (χ3n) is 2.43. The highest BCUT2D eigenvalue weighted by atomic mass is 35.5. The Labute approximate surface area is 120 Å². The van der Waals surface area contributed by atoms with Gasteiger partial charge >= 0.3 is 5.97 Å². The van der Waals surface area contributed by atoms with Crippen molar-refractivity contribution >= 4 is 35.0 Å². The Morgan fingerprint density at radius 2 is 1.95 bits per heavy atom. The number of allylic oxidation sites excluding steroid dienone is 2. The molecule has 0 saturated carbocycles. The summed E-state index contributed by atoms with van der Waals surface area (Å²) in [6.07, 6.45) is 1.67. The molecular formula is C13H12Cl2O4. The molecule has 0 bridgehead atoms. The third-order valence-corrected chi connectivity index (χ3v) is 3.30. The number of carboxylic acids is 1. The lowest BCUT2D eigenvalue weighted by molar-refractivity contribution is -0.139. The Kier molecular flexibility index (Phi) is 5.39. The van der Waals surface area contributed by atoms with E-state index in [1.165, 1.54) is 12.1 Å². The second-order valence-corrected chi connectivity index (χ2v) is 4.48. The molecule has 1 aromatic carbocycles. The highest BCUT2D eigenvalue weighted by molar-refractivity contribution is 6.45. The molecule has 0 radical (unpaired) electrons. The number of benzene rings is 1. The molecule has 1 aromatic rings. The van der Waals surface area contributed by atoms with Crippen molar-refractivity contribution in [2.45, 2.75) is 13.8 Å². The Bertz CT molecular complexity index is 550. The summed E-state index contributed by atoms with van der Waals surface area (Å²) in [4.78, 5) is 22.4. The van der Waals surface area contributed by atoms with Gasteiger partial charge in [0.1, 0.15) is 10.8 Å². The molecule has 0 spiro atoms. The maximum absolute atomic E-state index is 12.0. The van der Waals surface area contributed by atoms with E-state index in [0.717, 1.165) is 0 Å². The van der Waals surface area contributed by atoms with E-state index in [2.05, 4.69) is 0 Å². The molecular weight excluding hydrogens is 291 g/mol. The number of aliphatic carboxylic acids is 1. The second kappa shape index (κ2) is 6.59. The number of Topliss-reactive ketones (excluding diaryl/α,β-unsaturated/α-hetero) is 1. The van der Waals surface area contributed by atoms with Gasteiger partial charge in [0, 0.05) is 5.56 Å². The minimum absolute atomic E-state index is 0.0256. The fourth-order valence-electron chi connectivity index (χ4n) is 1.30. The van der Waals surface area contributed by atoms with Crippen LogP contribution in [0.2, 0.25) is 10.0 Å². The predicted octanol–water partition coefficient (Wildman–Crippen LogP) is 3.61. The number of hydrogen-bond acceptors (Lipinski definition) is 3. The fraction of sp³-hybridized carbons (Fsp3) is 0.231. The first-order chi connectivity index (χ1) is 8.88. The molecule has 0 saturated heterocycles. The summed E-state index contributed by atoms with van der Waals surface area (Å²) < 4.78 is 4.96. The number of halogens is 2. The number of carboxylic acid groups (broad SMARTS) is 1. The molecule has 0 heterocycles. The molecule has 0 aliphatic heterocycles. The molecule has 0 aliphatic carbocycles. The van der Waals surface area contributed by atoms with Crippen LogP contribution in [0.4, 0.5) is 0 Å². The topological polar surface area (TPSA) is 63.6 Å². The Morgan fingerprint density at radius 1 is 1.32 bits per heavy atom. The average Bonchev–Trinajstić information content (AvgIpc) is 2.38. The van der Waals surface area contributed by atoms with Crippen molar-refractivity contribution in [3.63, 3.8) is 0 Å². The Morgan fingerprint density at radius 3 is 2.47 bits per heavy atom. The van der Waals surface area contributed by atoms with E-state index in [9.17, 15) is 9.59 Å². The van der Waals surface area contributed by atoms with E-state index in [0.29, 0.717) is 5.57 Å². The fourth-order valence-corrected chi connectivity index (χ4v) is 1.76. The summed E-state index contributed by atoms with van der Waals surface area (Å²) in [7, 11) is 0. The van der Waals surface area contributed by atoms with Gasteiger partial charge in [0.05, 0.1) is 5.02 Å². The maximum Gasteiger partial charge on any atom is 0.341 e. The Hall–Kier alpha value is -1.52. The highest BCUT2D eigenvalue weighted by Crippen LogP contribution is 2.35. The molecule has 1 N–H and O–H groups in total. The second-order valence-electron chi connectivity index (χ2n) is 3.72. The SMILES string of the molecule is CC=C(C)C(=O)c1ccc(OCC(=O)O)c(Cl)c1Cl. The standard InChI is InChI=1S/C13H12Cl2O4/c1-3-7(2)13(18)8-4-5-9(12(15)11(8)14)19-6-10(16)17/h3-5H,6H2,1-2H3,(H,16,17). The van der Waals surface area contributed by atoms with Gasteiger partial charge in [-0.05, 0) is 31.6 Å². The number of carbonyl (C=O) groups excluding carboxylic acids is 1. The minimum atomic E-state index is -1.13. The number of ether oxygens (including phenoxy) is 1. The summed E-state index contributed by atoms with van der Waals surface area (Å²) in [5.74, 6) is -1.24. The van der Waals surface area contributed by atoms with Crippen molar-refractivity contribution in [1.29, 1.82) is 0 Å². The van der Waals surface area contributed by atoms with Crippen molar-refractivity contribution in [3.05, 3.63) is 39.4 Å². The smallest absolute Gasteiger partial charge is 0.341 e. The first kappa shape index (κ1) is 15.5. The van der Waals surface area contributed by atoms with Gasteiger partial charge in [0.15, 0.2) is 12.4 Å². The van der Waals surface area contributed by atoms with Crippen molar-refractivity contribution in [3.8, 4) is 5.75 Å². The van der Waals surface area contributed by atoms with Crippen LogP contribution in [-0.2, 0) is 4.79 Å². The van der Waals surface area contributed by atoms with Gasteiger partial charge < -0.3 is 9.84 Å². The van der Waals surface area contributed by atoms with Crippen LogP contribution in [0, 0.1) is 0 Å². The van der Waals surface area contributed by atoms with Crippen LogP contribution < -0.4 is 4.74 Å². The van der Waals surface area contributed by atoms with Gasteiger partial charge in [-0.1, -0.05) is 29.3 Å². The zero-order valence-electron chi connectivity index (χ0n) is 10.4. The molecule has 0 unspecified atom stereocenters. The van der Waals surface area contributed by atoms with Gasteiger partial charge in [-0.2, -0.15) is 0 Å². The van der Waals surface area contributed by atoms with Crippen molar-refractivity contribution in [1.82, 2.24) is 0 Å². The van der Waals surface area contributed by atoms with E-state index in [-0.39, 0.29) is 27.1 Å². The highest BCUT2D eigenvalue weighted by Gasteiger charge is 2.17. The number of ketones is 1. The normalized spacial score (nSPS) is 11.3. The summed E-state index contributed by atoms with van der Waals surface area (Å²) >= 11 is 12.0. The lowest BCUT2D eigenvalue weighted by Gasteiger charge is -2.10. The zero-order valence-corrected chi connectivity index (χ0v) is 11.9. The van der Waals surface area contributed by atoms with Crippen LogP contribution in [0.25, 0.3) is 0 Å². The summed E-state index contributed by atoms with van der Waals surface area (Å²) in [6, 6.07) is 2.88. The van der Waals surface area contributed by atoms with E-state index < -0.39 is 12.6 Å². The summed E-state index contributed by atoms with van der Waals surface area (Å²) in [5.41, 5.74) is 0.794. The van der Waals surface area contributed by atoms with E-state index in [1.807, 2.05) is 0 Å². The van der Waals surface area contributed by atoms with Gasteiger partial charge in [-0.3, -0.25) is 4.79 Å². The molecule has 0 atom stereocenters. The molecule has 19 heavy (non-hydrogen) atoms. The number of carbonyl (C=O) groups is 2. The van der Waals surface area contributed by atoms with E-state index >= 15 is 0 Å². The van der Waals surface area contributed by atoms with Crippen molar-refractivity contribution < 1.29 is 19.4 Å². The first-order valence-electron chi connectivity index (χ1n) is 5.38. The van der Waals surface area contributed by atoms with E-state index in [4.69, 9.17) is 33.0 Å². The van der Waals surface area contributed by atoms with Crippen LogP contribution in [-0.4, -0.2) is 23.5 Å². The zero-order chi connectivity index (χ0) is 14.6. The first-order valence-corrected chi connectivity index (χ1v) is 6.14. The predicted molar refractivity (Wildman–Crippen MR) is 73.4 cm³/mol. The number of hydrogen-bond donors (Lipinski definition) is 1. The molecule has 6 heteroatoms. The molecule has 0 aliphatic rings. The van der Waals surface area contributed by atoms with Gasteiger partial charge in [-0.25, -0.2) is 4.79 Å². The quantitative estimate of drug-likeness (QED) is 0.666. The summed E-state index contributed by atoms with van der Waals surface area (Å²) in [5, 5.41) is 8.60. The molecule has 1 rings (SSSR count). The van der Waals surface area contributed by atoms with Gasteiger partial charge in [0.2, 0.25) is 0 Å². The van der Waals surface area contributed by atoms with Crippen molar-refractivity contribution in [2.75, 3.05) is 6.61 Å². The van der Waals surface area contributed by atoms with Crippen LogP contribution >= 0.6 is 23.2 Å². The molecule has 4 nitrogen and oxygen atoms in total. The average molecular weight is 303 g/mol. The summed E-state index contributed by atoms with van der Waals surface area (Å²) in [6.45, 7) is 2.88. The monoisotopic (exact) mass is 302 g/mol. The molecule has 102 valence electrons. The Balaban J connectivity index is 3.11. The molecule has 0 fully saturated rings. The molecule has 0 amide bonds. The lowest BCUT2D eigenvalue weighted by Crippen LogP contribution is -2.10. The maximum atomic E-state index is 12.0. The third kappa shape index (κ3) is 3.72. The minimum Gasteiger partial charge on any atom is -0.480 e. The van der Waals surface area contributed by atoms with Gasteiger partial charge in [0.25, 0.3) is 0 Å². The van der Waals surface area contributed by atoms with Crippen LogP contribution in [0.15, 0.2) is 23.8 Å². The lowest BCUT2D eigenvalue weighted by atomic mass is 10.0. The number of rotatable bonds is 5. The van der Waals surface area contributed by atoms with Crippen molar-refractivity contribution in [2.24, 2.45) is 0 Å². The van der Waals surface area contributed by atoms with Crippen LogP contribution in [0.1, 0.15) is 24.2 Å². The van der Waals surface area contributed by atoms with Crippen LogP contribution in [0.5, 0.6) is 5.75 Å². The van der Waals surface area contributed by atoms with Crippen LogP contribution in [0.3, 0.4) is 0 Å².